The number of ether oxygens (including phenoxy) is 3. The Morgan fingerprint density at radius 3 is 2.84 bits per heavy atom. The number of hydrogen-bond acceptors (Lipinski definition) is 5. The lowest BCUT2D eigenvalue weighted by Crippen LogP contribution is -2.41. The first kappa shape index (κ1) is 13.4. The summed E-state index contributed by atoms with van der Waals surface area (Å²) in [7, 11) is 1.41. The number of benzene rings is 1. The summed E-state index contributed by atoms with van der Waals surface area (Å²) in [6.45, 7) is 0.172. The summed E-state index contributed by atoms with van der Waals surface area (Å²) < 4.78 is 14.8. The molecule has 2 atom stereocenters. The lowest BCUT2D eigenvalue weighted by Gasteiger charge is -2.16. The molecular formula is C13H15NO5. The molecule has 1 heterocycles. The Morgan fingerprint density at radius 2 is 2.16 bits per heavy atom. The number of nitrogens with one attached hydrogen (secondary N) is 1. The first-order valence-electron chi connectivity index (χ1n) is 5.88. The third-order valence-electron chi connectivity index (χ3n) is 2.71. The van der Waals surface area contributed by atoms with Crippen molar-refractivity contribution in [2.24, 2.45) is 0 Å². The third-order valence-corrected chi connectivity index (χ3v) is 2.71. The highest BCUT2D eigenvalue weighted by molar-refractivity contribution is 5.75. The highest BCUT2D eigenvalue weighted by Crippen LogP contribution is 2.15. The van der Waals surface area contributed by atoms with E-state index in [0.717, 1.165) is 5.56 Å². The molecule has 0 aromatic heterocycles. The molecule has 2 rings (SSSR count). The second-order valence-corrected chi connectivity index (χ2v) is 4.11. The number of carbonyl (C=O) groups excluding carboxylic acids is 2. The van der Waals surface area contributed by atoms with Crippen LogP contribution in [0.4, 0.5) is 4.79 Å². The zero-order chi connectivity index (χ0) is 13.7. The Kier molecular flexibility index (Phi) is 4.35. The summed E-state index contributed by atoms with van der Waals surface area (Å²) in [5.74, 6) is -0.403. The molecular weight excluding hydrogens is 250 g/mol. The largest absolute Gasteiger partial charge is 0.445 e. The average molecular weight is 265 g/mol. The minimum Gasteiger partial charge on any atom is -0.445 e. The van der Waals surface area contributed by atoms with Crippen molar-refractivity contribution >= 4 is 12.1 Å². The fraction of sp³-hybridized carbons (Fsp3) is 0.385. The Balaban J connectivity index is 1.80. The fourth-order valence-electron chi connectivity index (χ4n) is 1.78. The Bertz CT molecular complexity index is 448. The van der Waals surface area contributed by atoms with Gasteiger partial charge in [-0.15, -0.1) is 0 Å². The molecule has 6 heteroatoms. The van der Waals surface area contributed by atoms with E-state index in [0.29, 0.717) is 0 Å². The molecule has 0 saturated carbocycles. The van der Waals surface area contributed by atoms with Crippen LogP contribution >= 0.6 is 0 Å². The lowest BCUT2D eigenvalue weighted by atomic mass is 10.2. The predicted molar refractivity (Wildman–Crippen MR) is 65.1 cm³/mol. The Hall–Kier alpha value is -2.08. The minimum atomic E-state index is -0.753. The van der Waals surface area contributed by atoms with Gasteiger partial charge in [0.05, 0.1) is 6.42 Å². The molecule has 1 saturated heterocycles. The summed E-state index contributed by atoms with van der Waals surface area (Å²) >= 11 is 0. The summed E-state index contributed by atoms with van der Waals surface area (Å²) in [6, 6.07) is 8.80. The van der Waals surface area contributed by atoms with E-state index in [-0.39, 0.29) is 13.0 Å². The van der Waals surface area contributed by atoms with Gasteiger partial charge in [0.25, 0.3) is 0 Å². The molecule has 6 nitrogen and oxygen atoms in total. The van der Waals surface area contributed by atoms with Crippen molar-refractivity contribution in [3.63, 3.8) is 0 Å². The smallest absolute Gasteiger partial charge is 0.407 e. The van der Waals surface area contributed by atoms with Crippen LogP contribution in [-0.2, 0) is 25.6 Å². The average Bonchev–Trinajstić information content (AvgIpc) is 2.77. The van der Waals surface area contributed by atoms with Gasteiger partial charge in [-0.25, -0.2) is 4.79 Å². The van der Waals surface area contributed by atoms with Gasteiger partial charge in [0.1, 0.15) is 12.6 Å². The van der Waals surface area contributed by atoms with Crippen molar-refractivity contribution in [2.45, 2.75) is 25.4 Å². The van der Waals surface area contributed by atoms with E-state index < -0.39 is 24.4 Å². The topological polar surface area (TPSA) is 73.9 Å². The second-order valence-electron chi connectivity index (χ2n) is 4.11. The van der Waals surface area contributed by atoms with Crippen molar-refractivity contribution in [1.82, 2.24) is 5.32 Å². The normalized spacial score (nSPS) is 21.8. The van der Waals surface area contributed by atoms with E-state index in [1.165, 1.54) is 7.11 Å². The summed E-state index contributed by atoms with van der Waals surface area (Å²) in [6.07, 6.45) is -1.27. The molecule has 1 aromatic rings. The van der Waals surface area contributed by atoms with E-state index in [2.05, 4.69) is 5.32 Å². The number of amides is 1. The molecule has 1 amide bonds. The van der Waals surface area contributed by atoms with Crippen LogP contribution in [0.1, 0.15) is 12.0 Å². The first-order chi connectivity index (χ1) is 9.19. The Morgan fingerprint density at radius 1 is 1.42 bits per heavy atom. The van der Waals surface area contributed by atoms with Crippen LogP contribution in [-0.4, -0.2) is 31.5 Å². The fourth-order valence-corrected chi connectivity index (χ4v) is 1.78. The van der Waals surface area contributed by atoms with Gasteiger partial charge < -0.3 is 19.5 Å². The SMILES string of the molecule is CO[C@H]1OC(=O)C[C@H]1NC(=O)OCc1ccccc1. The lowest BCUT2D eigenvalue weighted by molar-refractivity contribution is -0.159. The monoisotopic (exact) mass is 265 g/mol. The van der Waals surface area contributed by atoms with E-state index in [4.69, 9.17) is 14.2 Å². The molecule has 19 heavy (non-hydrogen) atoms. The van der Waals surface area contributed by atoms with Crippen LogP contribution in [0.25, 0.3) is 0 Å². The number of carbonyl (C=O) groups is 2. The maximum absolute atomic E-state index is 11.6. The number of cyclic esters (lactones) is 1. The minimum absolute atomic E-state index is 0.0823. The predicted octanol–water partition coefficient (Wildman–Crippen LogP) is 1.20. The van der Waals surface area contributed by atoms with Crippen LogP contribution in [0.2, 0.25) is 0 Å². The molecule has 102 valence electrons. The second kappa shape index (κ2) is 6.19. The first-order valence-corrected chi connectivity index (χ1v) is 5.88. The highest BCUT2D eigenvalue weighted by atomic mass is 16.7. The number of rotatable bonds is 4. The zero-order valence-corrected chi connectivity index (χ0v) is 10.5. The number of hydrogen-bond donors (Lipinski definition) is 1. The van der Waals surface area contributed by atoms with Gasteiger partial charge in [-0.2, -0.15) is 0 Å². The van der Waals surface area contributed by atoms with Gasteiger partial charge in [0.15, 0.2) is 0 Å². The van der Waals surface area contributed by atoms with Gasteiger partial charge in [-0.05, 0) is 5.56 Å². The molecule has 1 aromatic carbocycles. The zero-order valence-electron chi connectivity index (χ0n) is 10.5. The van der Waals surface area contributed by atoms with Crippen LogP contribution in [0.5, 0.6) is 0 Å². The van der Waals surface area contributed by atoms with E-state index in [1.54, 1.807) is 0 Å². The maximum atomic E-state index is 11.6. The molecule has 0 spiro atoms. The van der Waals surface area contributed by atoms with Gasteiger partial charge in [0.2, 0.25) is 6.29 Å². The molecule has 1 N–H and O–H groups in total. The number of alkyl carbamates (subject to hydrolysis) is 1. The molecule has 0 radical (unpaired) electrons. The summed E-state index contributed by atoms with van der Waals surface area (Å²) in [5.41, 5.74) is 0.889. The summed E-state index contributed by atoms with van der Waals surface area (Å²) in [5, 5.41) is 2.55. The van der Waals surface area contributed by atoms with E-state index in [9.17, 15) is 9.59 Å². The van der Waals surface area contributed by atoms with E-state index >= 15 is 0 Å². The molecule has 1 aliphatic rings. The van der Waals surface area contributed by atoms with Gasteiger partial charge in [-0.3, -0.25) is 4.79 Å². The van der Waals surface area contributed by atoms with Crippen LogP contribution < -0.4 is 5.32 Å². The standard InChI is InChI=1S/C13H15NO5/c1-17-12-10(7-11(15)19-12)14-13(16)18-8-9-5-3-2-4-6-9/h2-6,10,12H,7-8H2,1H3,(H,14,16)/t10-,12+/m1/s1. The van der Waals surface area contributed by atoms with Crippen molar-refractivity contribution in [3.8, 4) is 0 Å². The van der Waals surface area contributed by atoms with Gasteiger partial charge in [-0.1, -0.05) is 30.3 Å². The highest BCUT2D eigenvalue weighted by Gasteiger charge is 2.36. The van der Waals surface area contributed by atoms with Crippen LogP contribution in [0, 0.1) is 0 Å². The quantitative estimate of drug-likeness (QED) is 0.828. The summed E-state index contributed by atoms with van der Waals surface area (Å²) in [4.78, 5) is 22.7. The van der Waals surface area contributed by atoms with Crippen molar-refractivity contribution in [2.75, 3.05) is 7.11 Å². The molecule has 1 fully saturated rings. The number of esters is 1. The van der Waals surface area contributed by atoms with Crippen LogP contribution in [0.15, 0.2) is 30.3 Å². The molecule has 0 bridgehead atoms. The van der Waals surface area contributed by atoms with Crippen molar-refractivity contribution in [1.29, 1.82) is 0 Å². The van der Waals surface area contributed by atoms with E-state index in [1.807, 2.05) is 30.3 Å². The van der Waals surface area contributed by atoms with Crippen molar-refractivity contribution in [3.05, 3.63) is 35.9 Å². The molecule has 1 aliphatic heterocycles. The van der Waals surface area contributed by atoms with Crippen molar-refractivity contribution < 1.29 is 23.8 Å². The third kappa shape index (κ3) is 3.69. The Labute approximate surface area is 110 Å². The van der Waals surface area contributed by atoms with Crippen LogP contribution in [0.3, 0.4) is 0 Å². The number of methoxy groups -OCH3 is 1. The maximum Gasteiger partial charge on any atom is 0.407 e. The van der Waals surface area contributed by atoms with Gasteiger partial charge in [0, 0.05) is 7.11 Å². The molecule has 0 aliphatic carbocycles. The van der Waals surface area contributed by atoms with Gasteiger partial charge >= 0.3 is 12.1 Å². The molecule has 0 unspecified atom stereocenters.